The molecule has 0 N–H and O–H groups in total. The Balaban J connectivity index is 2.08. The molecule has 0 aliphatic rings. The number of halogens is 2. The molecule has 0 saturated carbocycles. The molecule has 1 unspecified atom stereocenters. The van der Waals surface area contributed by atoms with Crippen LogP contribution in [0.2, 0.25) is 5.02 Å². The number of hydrogen-bond donors (Lipinski definition) is 0. The van der Waals surface area contributed by atoms with Crippen LogP contribution in [0.1, 0.15) is 21.5 Å². The summed E-state index contributed by atoms with van der Waals surface area (Å²) in [6.45, 7) is 2.11. The average Bonchev–Trinajstić information content (AvgIpc) is 2.33. The summed E-state index contributed by atoms with van der Waals surface area (Å²) in [6.07, 6.45) is 0.988. The van der Waals surface area contributed by atoms with Crippen LogP contribution in [-0.4, -0.2) is 0 Å². The molecule has 2 aromatic rings. The molecule has 0 spiro atoms. The molecule has 0 aliphatic carbocycles. The maximum atomic E-state index is 5.88. The number of hydrogen-bond acceptors (Lipinski definition) is 0. The summed E-state index contributed by atoms with van der Waals surface area (Å²) >= 11 is 9.60. The van der Waals surface area contributed by atoms with Crippen molar-refractivity contribution in [1.29, 1.82) is 0 Å². The van der Waals surface area contributed by atoms with Crippen molar-refractivity contribution in [2.24, 2.45) is 0 Å². The van der Waals surface area contributed by atoms with Crippen LogP contribution in [-0.2, 0) is 6.42 Å². The molecule has 0 aliphatic heterocycles. The number of alkyl halides is 1. The van der Waals surface area contributed by atoms with Gasteiger partial charge in [-0.3, -0.25) is 0 Å². The van der Waals surface area contributed by atoms with Crippen LogP contribution in [0.4, 0.5) is 0 Å². The second-order valence-electron chi connectivity index (χ2n) is 4.21. The molecular formula is C15H14BrCl. The van der Waals surface area contributed by atoms with Gasteiger partial charge in [0.25, 0.3) is 0 Å². The standard InChI is InChI=1S/C15H14BrCl/c1-11-2-4-12(5-3-11)10-15(16)13-6-8-14(17)9-7-13/h2-9,15H,10H2,1H3. The van der Waals surface area contributed by atoms with E-state index in [0.29, 0.717) is 4.83 Å². The van der Waals surface area contributed by atoms with Gasteiger partial charge in [0.1, 0.15) is 0 Å². The van der Waals surface area contributed by atoms with Gasteiger partial charge in [0.2, 0.25) is 0 Å². The fraction of sp³-hybridized carbons (Fsp3) is 0.200. The Kier molecular flexibility index (Phi) is 4.25. The highest BCUT2D eigenvalue weighted by Gasteiger charge is 2.08. The van der Waals surface area contributed by atoms with E-state index in [9.17, 15) is 0 Å². The van der Waals surface area contributed by atoms with Crippen LogP contribution < -0.4 is 0 Å². The van der Waals surface area contributed by atoms with E-state index in [-0.39, 0.29) is 0 Å². The van der Waals surface area contributed by atoms with Gasteiger partial charge in [-0.2, -0.15) is 0 Å². The van der Waals surface area contributed by atoms with Gasteiger partial charge in [-0.25, -0.2) is 0 Å². The summed E-state index contributed by atoms with van der Waals surface area (Å²) in [5, 5.41) is 0.781. The third-order valence-electron chi connectivity index (χ3n) is 2.77. The topological polar surface area (TPSA) is 0 Å². The minimum atomic E-state index is 0.336. The normalized spacial score (nSPS) is 12.4. The van der Waals surface area contributed by atoms with E-state index in [0.717, 1.165) is 11.4 Å². The zero-order chi connectivity index (χ0) is 12.3. The van der Waals surface area contributed by atoms with Gasteiger partial charge in [0, 0.05) is 9.85 Å². The summed E-state index contributed by atoms with van der Waals surface area (Å²) in [5.41, 5.74) is 3.90. The molecule has 2 heteroatoms. The predicted molar refractivity (Wildman–Crippen MR) is 78.0 cm³/mol. The smallest absolute Gasteiger partial charge is 0.0435 e. The van der Waals surface area contributed by atoms with E-state index in [4.69, 9.17) is 11.6 Å². The predicted octanol–water partition coefficient (Wildman–Crippen LogP) is 5.33. The molecule has 0 radical (unpaired) electrons. The SMILES string of the molecule is Cc1ccc(CC(Br)c2ccc(Cl)cc2)cc1. The number of aryl methyl sites for hydroxylation is 1. The van der Waals surface area contributed by atoms with Crippen molar-refractivity contribution < 1.29 is 0 Å². The van der Waals surface area contributed by atoms with Crippen molar-refractivity contribution in [2.45, 2.75) is 18.2 Å². The molecule has 1 atom stereocenters. The number of rotatable bonds is 3. The van der Waals surface area contributed by atoms with E-state index < -0.39 is 0 Å². The summed E-state index contributed by atoms with van der Waals surface area (Å²) in [4.78, 5) is 0.336. The summed E-state index contributed by atoms with van der Waals surface area (Å²) in [6, 6.07) is 16.7. The Morgan fingerprint density at radius 1 is 1.00 bits per heavy atom. The lowest BCUT2D eigenvalue weighted by molar-refractivity contribution is 0.948. The summed E-state index contributed by atoms with van der Waals surface area (Å²) in [5.74, 6) is 0. The van der Waals surface area contributed by atoms with Gasteiger partial charge in [0.15, 0.2) is 0 Å². The molecule has 0 bridgehead atoms. The highest BCUT2D eigenvalue weighted by atomic mass is 79.9. The summed E-state index contributed by atoms with van der Waals surface area (Å²) in [7, 11) is 0. The lowest BCUT2D eigenvalue weighted by atomic mass is 10.0. The van der Waals surface area contributed by atoms with Crippen LogP contribution in [0, 0.1) is 6.92 Å². The Morgan fingerprint density at radius 3 is 2.18 bits per heavy atom. The van der Waals surface area contributed by atoms with Gasteiger partial charge >= 0.3 is 0 Å². The number of benzene rings is 2. The largest absolute Gasteiger partial charge is 0.0843 e. The average molecular weight is 310 g/mol. The Morgan fingerprint density at radius 2 is 1.59 bits per heavy atom. The molecule has 0 nitrogen and oxygen atoms in total. The molecule has 2 rings (SSSR count). The highest BCUT2D eigenvalue weighted by molar-refractivity contribution is 9.09. The molecule has 0 amide bonds. The maximum Gasteiger partial charge on any atom is 0.0435 e. The Bertz CT molecular complexity index is 473. The molecule has 2 aromatic carbocycles. The van der Waals surface area contributed by atoms with E-state index in [1.54, 1.807) is 0 Å². The van der Waals surface area contributed by atoms with E-state index in [2.05, 4.69) is 59.3 Å². The van der Waals surface area contributed by atoms with Crippen molar-refractivity contribution in [3.8, 4) is 0 Å². The van der Waals surface area contributed by atoms with Gasteiger partial charge in [-0.15, -0.1) is 0 Å². The van der Waals surface area contributed by atoms with Crippen LogP contribution in [0.15, 0.2) is 48.5 Å². The Labute approximate surface area is 116 Å². The molecule has 0 heterocycles. The monoisotopic (exact) mass is 308 g/mol. The van der Waals surface area contributed by atoms with Gasteiger partial charge in [-0.1, -0.05) is 69.5 Å². The van der Waals surface area contributed by atoms with Crippen LogP contribution in [0.25, 0.3) is 0 Å². The minimum absolute atomic E-state index is 0.336. The second-order valence-corrected chi connectivity index (χ2v) is 5.75. The molecule has 88 valence electrons. The fourth-order valence-corrected chi connectivity index (χ4v) is 2.53. The fourth-order valence-electron chi connectivity index (χ4n) is 1.72. The van der Waals surface area contributed by atoms with Crippen LogP contribution in [0.5, 0.6) is 0 Å². The molecular weight excluding hydrogens is 296 g/mol. The van der Waals surface area contributed by atoms with Crippen LogP contribution >= 0.6 is 27.5 Å². The third kappa shape index (κ3) is 3.58. The lowest BCUT2D eigenvalue weighted by Gasteiger charge is -2.10. The zero-order valence-electron chi connectivity index (χ0n) is 9.66. The highest BCUT2D eigenvalue weighted by Crippen LogP contribution is 2.28. The van der Waals surface area contributed by atoms with Crippen molar-refractivity contribution in [3.63, 3.8) is 0 Å². The quantitative estimate of drug-likeness (QED) is 0.672. The van der Waals surface area contributed by atoms with Crippen molar-refractivity contribution in [3.05, 3.63) is 70.2 Å². The molecule has 0 aromatic heterocycles. The first-order valence-electron chi connectivity index (χ1n) is 5.60. The van der Waals surface area contributed by atoms with E-state index >= 15 is 0 Å². The molecule has 0 saturated heterocycles. The second kappa shape index (κ2) is 5.70. The van der Waals surface area contributed by atoms with Gasteiger partial charge in [0.05, 0.1) is 0 Å². The first-order chi connectivity index (χ1) is 8.15. The maximum absolute atomic E-state index is 5.88. The molecule has 0 fully saturated rings. The van der Waals surface area contributed by atoms with Gasteiger partial charge in [-0.05, 0) is 36.6 Å². The first-order valence-corrected chi connectivity index (χ1v) is 6.89. The zero-order valence-corrected chi connectivity index (χ0v) is 12.0. The van der Waals surface area contributed by atoms with E-state index in [1.807, 2.05) is 12.1 Å². The van der Waals surface area contributed by atoms with E-state index in [1.165, 1.54) is 16.7 Å². The first kappa shape index (κ1) is 12.7. The van der Waals surface area contributed by atoms with Crippen molar-refractivity contribution in [2.75, 3.05) is 0 Å². The molecule has 17 heavy (non-hydrogen) atoms. The van der Waals surface area contributed by atoms with Gasteiger partial charge < -0.3 is 0 Å². The van der Waals surface area contributed by atoms with Crippen LogP contribution in [0.3, 0.4) is 0 Å². The lowest BCUT2D eigenvalue weighted by Crippen LogP contribution is -1.95. The Hall–Kier alpha value is -0.790. The minimum Gasteiger partial charge on any atom is -0.0843 e. The van der Waals surface area contributed by atoms with Crippen molar-refractivity contribution in [1.82, 2.24) is 0 Å². The summed E-state index contributed by atoms with van der Waals surface area (Å²) < 4.78 is 0. The third-order valence-corrected chi connectivity index (χ3v) is 3.87. The van der Waals surface area contributed by atoms with Crippen molar-refractivity contribution >= 4 is 27.5 Å².